The number of benzene rings is 1. The first-order valence-electron chi connectivity index (χ1n) is 6.50. The maximum atomic E-state index is 11.8. The fourth-order valence-corrected chi connectivity index (χ4v) is 2.35. The number of carbonyl (C=O) groups is 2. The van der Waals surface area contributed by atoms with Crippen LogP contribution in [-0.4, -0.2) is 24.3 Å². The first-order valence-corrected chi connectivity index (χ1v) is 7.29. The predicted molar refractivity (Wildman–Crippen MR) is 81.8 cm³/mol. The van der Waals surface area contributed by atoms with E-state index < -0.39 is 6.04 Å². The lowest BCUT2D eigenvalue weighted by molar-refractivity contribution is -0.129. The minimum absolute atomic E-state index is 0.0480. The van der Waals surface area contributed by atoms with Gasteiger partial charge in [0.2, 0.25) is 0 Å². The van der Waals surface area contributed by atoms with Crippen LogP contribution < -0.4 is 10.1 Å². The molecule has 1 amide bonds. The second-order valence-corrected chi connectivity index (χ2v) is 6.01. The van der Waals surface area contributed by atoms with Crippen molar-refractivity contribution in [1.29, 1.82) is 0 Å². The second-order valence-electron chi connectivity index (χ2n) is 5.10. The molecule has 1 N–H and O–H groups in total. The molecule has 0 fully saturated rings. The van der Waals surface area contributed by atoms with Gasteiger partial charge in [-0.05, 0) is 43.5 Å². The van der Waals surface area contributed by atoms with Crippen LogP contribution in [-0.2, 0) is 9.59 Å². The first-order chi connectivity index (χ1) is 9.31. The number of halogens is 1. The third kappa shape index (κ3) is 4.96. The third-order valence-electron chi connectivity index (χ3n) is 2.92. The van der Waals surface area contributed by atoms with E-state index in [0.29, 0.717) is 5.75 Å². The minimum Gasteiger partial charge on any atom is -0.484 e. The number of rotatable bonds is 6. The molecule has 0 spiro atoms. The normalized spacial score (nSPS) is 12.1. The van der Waals surface area contributed by atoms with Crippen molar-refractivity contribution < 1.29 is 14.3 Å². The van der Waals surface area contributed by atoms with E-state index in [4.69, 9.17) is 4.74 Å². The van der Waals surface area contributed by atoms with Crippen LogP contribution in [0.2, 0.25) is 0 Å². The largest absolute Gasteiger partial charge is 0.484 e. The summed E-state index contributed by atoms with van der Waals surface area (Å²) in [5.41, 5.74) is 0.944. The van der Waals surface area contributed by atoms with Crippen LogP contribution in [0.25, 0.3) is 0 Å². The van der Waals surface area contributed by atoms with E-state index >= 15 is 0 Å². The zero-order valence-electron chi connectivity index (χ0n) is 12.2. The number of hydrogen-bond acceptors (Lipinski definition) is 3. The van der Waals surface area contributed by atoms with Crippen molar-refractivity contribution in [2.24, 2.45) is 5.92 Å². The number of ketones is 1. The predicted octanol–water partition coefficient (Wildman–Crippen LogP) is 2.87. The standard InChI is InChI=1S/C15H20BrNO3/c1-9(2)15(11(4)18)17-14(19)8-20-13-6-5-12(16)7-10(13)3/h5-7,9,15H,8H2,1-4H3,(H,17,19). The first kappa shape index (κ1) is 16.7. The maximum absolute atomic E-state index is 11.8. The Morgan fingerprint density at radius 3 is 2.50 bits per heavy atom. The van der Waals surface area contributed by atoms with Gasteiger partial charge in [-0.2, -0.15) is 0 Å². The lowest BCUT2D eigenvalue weighted by Gasteiger charge is -2.19. The molecule has 1 aromatic carbocycles. The highest BCUT2D eigenvalue weighted by Gasteiger charge is 2.20. The maximum Gasteiger partial charge on any atom is 0.258 e. The van der Waals surface area contributed by atoms with Gasteiger partial charge in [-0.1, -0.05) is 29.8 Å². The summed E-state index contributed by atoms with van der Waals surface area (Å²) in [6, 6.07) is 5.11. The SMILES string of the molecule is CC(=O)C(NC(=O)COc1ccc(Br)cc1C)C(C)C. The molecule has 5 heteroatoms. The van der Waals surface area contributed by atoms with Gasteiger partial charge in [0.15, 0.2) is 12.4 Å². The van der Waals surface area contributed by atoms with Gasteiger partial charge in [0, 0.05) is 4.47 Å². The fourth-order valence-electron chi connectivity index (χ4n) is 1.87. The third-order valence-corrected chi connectivity index (χ3v) is 3.41. The number of aryl methyl sites for hydroxylation is 1. The Morgan fingerprint density at radius 1 is 1.35 bits per heavy atom. The van der Waals surface area contributed by atoms with Crippen LogP contribution in [0.3, 0.4) is 0 Å². The van der Waals surface area contributed by atoms with Crippen LogP contribution in [0.4, 0.5) is 0 Å². The molecule has 1 unspecified atom stereocenters. The van der Waals surface area contributed by atoms with Crippen LogP contribution in [0.1, 0.15) is 26.3 Å². The summed E-state index contributed by atoms with van der Waals surface area (Å²) < 4.78 is 6.43. The highest BCUT2D eigenvalue weighted by Crippen LogP contribution is 2.21. The molecule has 1 atom stereocenters. The van der Waals surface area contributed by atoms with E-state index in [0.717, 1.165) is 10.0 Å². The Morgan fingerprint density at radius 2 is 2.00 bits per heavy atom. The Kier molecular flexibility index (Phi) is 6.20. The molecule has 0 aliphatic carbocycles. The molecule has 0 aliphatic rings. The van der Waals surface area contributed by atoms with E-state index in [1.165, 1.54) is 6.92 Å². The molecule has 0 radical (unpaired) electrons. The lowest BCUT2D eigenvalue weighted by atomic mass is 10.0. The van der Waals surface area contributed by atoms with Crippen LogP contribution in [0.15, 0.2) is 22.7 Å². The molecule has 0 saturated carbocycles. The summed E-state index contributed by atoms with van der Waals surface area (Å²) >= 11 is 3.37. The number of hydrogen-bond donors (Lipinski definition) is 1. The zero-order chi connectivity index (χ0) is 15.3. The van der Waals surface area contributed by atoms with Gasteiger partial charge in [0.1, 0.15) is 5.75 Å². The van der Waals surface area contributed by atoms with Crippen molar-refractivity contribution in [2.45, 2.75) is 33.7 Å². The van der Waals surface area contributed by atoms with E-state index in [1.54, 1.807) is 6.07 Å². The molecular weight excluding hydrogens is 322 g/mol. The van der Waals surface area contributed by atoms with Crippen molar-refractivity contribution in [2.75, 3.05) is 6.61 Å². The van der Waals surface area contributed by atoms with E-state index in [2.05, 4.69) is 21.2 Å². The lowest BCUT2D eigenvalue weighted by Crippen LogP contribution is -2.45. The van der Waals surface area contributed by atoms with Crippen molar-refractivity contribution in [3.63, 3.8) is 0 Å². The van der Waals surface area contributed by atoms with Crippen LogP contribution in [0.5, 0.6) is 5.75 Å². The Bertz CT molecular complexity index is 500. The summed E-state index contributed by atoms with van der Waals surface area (Å²) in [6.07, 6.45) is 0. The molecule has 0 saturated heterocycles. The molecule has 0 bridgehead atoms. The number of ether oxygens (including phenoxy) is 1. The number of Topliss-reactive ketones (excluding diaryl/α,β-unsaturated/α-hetero) is 1. The molecule has 4 nitrogen and oxygen atoms in total. The minimum atomic E-state index is -0.461. The van der Waals surface area contributed by atoms with E-state index in [9.17, 15) is 9.59 Å². The highest BCUT2D eigenvalue weighted by molar-refractivity contribution is 9.10. The smallest absolute Gasteiger partial charge is 0.258 e. The summed E-state index contributed by atoms with van der Waals surface area (Å²) in [4.78, 5) is 23.2. The van der Waals surface area contributed by atoms with Crippen LogP contribution in [0, 0.1) is 12.8 Å². The molecule has 0 aromatic heterocycles. The second kappa shape index (κ2) is 7.43. The monoisotopic (exact) mass is 341 g/mol. The summed E-state index contributed by atoms with van der Waals surface area (Å²) in [7, 11) is 0. The molecule has 20 heavy (non-hydrogen) atoms. The van der Waals surface area contributed by atoms with Crippen molar-refractivity contribution in [1.82, 2.24) is 5.32 Å². The summed E-state index contributed by atoms with van der Waals surface area (Å²) in [5, 5.41) is 2.69. The highest BCUT2D eigenvalue weighted by atomic mass is 79.9. The topological polar surface area (TPSA) is 55.4 Å². The zero-order valence-corrected chi connectivity index (χ0v) is 13.8. The number of nitrogens with one attached hydrogen (secondary N) is 1. The summed E-state index contributed by atoms with van der Waals surface area (Å²) in [6.45, 7) is 7.08. The molecule has 110 valence electrons. The van der Waals surface area contributed by atoms with Gasteiger partial charge < -0.3 is 10.1 Å². The Labute approximate surface area is 128 Å². The molecule has 1 aromatic rings. The molecule has 1 rings (SSSR count). The molecular formula is C15H20BrNO3. The van der Waals surface area contributed by atoms with Gasteiger partial charge in [-0.25, -0.2) is 0 Å². The van der Waals surface area contributed by atoms with Crippen molar-refractivity contribution >= 4 is 27.6 Å². The quantitative estimate of drug-likeness (QED) is 0.865. The Balaban J connectivity index is 2.57. The average molecular weight is 342 g/mol. The van der Waals surface area contributed by atoms with E-state index in [1.807, 2.05) is 32.9 Å². The molecule has 0 heterocycles. The van der Waals surface area contributed by atoms with E-state index in [-0.39, 0.29) is 24.2 Å². The van der Waals surface area contributed by atoms with Gasteiger partial charge in [0.05, 0.1) is 6.04 Å². The van der Waals surface area contributed by atoms with Crippen molar-refractivity contribution in [3.05, 3.63) is 28.2 Å². The average Bonchev–Trinajstić information content (AvgIpc) is 2.34. The van der Waals surface area contributed by atoms with Gasteiger partial charge >= 0.3 is 0 Å². The van der Waals surface area contributed by atoms with Gasteiger partial charge in [-0.15, -0.1) is 0 Å². The van der Waals surface area contributed by atoms with Crippen LogP contribution >= 0.6 is 15.9 Å². The van der Waals surface area contributed by atoms with Gasteiger partial charge in [-0.3, -0.25) is 9.59 Å². The number of carbonyl (C=O) groups excluding carboxylic acids is 2. The number of amides is 1. The molecule has 0 aliphatic heterocycles. The summed E-state index contributed by atoms with van der Waals surface area (Å²) in [5.74, 6) is 0.382. The van der Waals surface area contributed by atoms with Gasteiger partial charge in [0.25, 0.3) is 5.91 Å². The fraction of sp³-hybridized carbons (Fsp3) is 0.467. The Hall–Kier alpha value is -1.36. The van der Waals surface area contributed by atoms with Crippen molar-refractivity contribution in [3.8, 4) is 5.75 Å².